The Kier molecular flexibility index (Phi) is 42.6. The number of ether oxygens (including phenoxy) is 1. The highest BCUT2D eigenvalue weighted by Gasteiger charge is 2.32. The van der Waals surface area contributed by atoms with E-state index < -0.39 is 86.3 Å². The minimum atomic E-state index is -4.09. The summed E-state index contributed by atoms with van der Waals surface area (Å²) in [5, 5.41) is 10.9. The van der Waals surface area contributed by atoms with Crippen LogP contribution in [-0.2, 0) is 89.3 Å². The number of ketones is 1. The average Bonchev–Trinajstić information content (AvgIpc) is 1.69. The van der Waals surface area contributed by atoms with E-state index in [1.165, 1.54) is 161 Å². The van der Waals surface area contributed by atoms with Crippen LogP contribution in [-0.4, -0.2) is 139 Å². The smallest absolute Gasteiger partial charge is 0.313 e. The zero-order valence-corrected chi connectivity index (χ0v) is 78.1. The van der Waals surface area contributed by atoms with Gasteiger partial charge >= 0.3 is 5.97 Å². The molecule has 10 aromatic carbocycles. The summed E-state index contributed by atoms with van der Waals surface area (Å²) in [5.74, 6) is -1.99. The number of hydrogen-bond donors (Lipinski definition) is 4. The lowest BCUT2D eigenvalue weighted by Gasteiger charge is -2.26. The molecule has 1 heterocycles. The van der Waals surface area contributed by atoms with Gasteiger partial charge in [0.2, 0.25) is 0 Å². The van der Waals surface area contributed by atoms with Crippen molar-refractivity contribution in [3.05, 3.63) is 315 Å². The van der Waals surface area contributed by atoms with Crippen molar-refractivity contribution in [2.45, 2.75) is 44.4 Å². The van der Waals surface area contributed by atoms with Crippen LogP contribution < -0.4 is 28.9 Å². The SMILES string of the molecule is CCOC(=O)CC(=O)CN(c1cc(Cl)cc(Cl)c1)S(=O)(=O)c1ccccc1.CON(C)C(=O)CBr.CON(C)C(=O)CN(c1cc(Cl)cc(Cl)c1)S(=O)(=O)c1ccccc1.Nc1cc(Cl)cc(Cl)c1.O=S(=O)(Cl)c1ccccc1.O=S(=O)(Nc1cc(Cl)cc(Cl)c1)c1ccccc1.O=c1cc(CN(c2cc(Cl)cc(Cl)c2)S(=O)(=O)c2ccccc2)[nH][nH]1. The number of benzene rings is 10. The fraction of sp³-hybridized carbons (Fsp3) is 0.141. The van der Waals surface area contributed by atoms with Crippen molar-refractivity contribution < 1.29 is 75.7 Å². The molecule has 0 saturated carbocycles. The number of esters is 1. The summed E-state index contributed by atoms with van der Waals surface area (Å²) in [6.45, 7) is 0.613. The molecule has 0 fully saturated rings. The van der Waals surface area contributed by atoms with Crippen LogP contribution in [0.4, 0.5) is 28.4 Å². The number of nitrogen functional groups attached to an aromatic ring is 1. The Morgan fingerprint density at radius 3 is 1.03 bits per heavy atom. The van der Waals surface area contributed by atoms with E-state index in [0.717, 1.165) is 23.0 Å². The predicted molar refractivity (Wildman–Crippen MR) is 486 cm³/mol. The fourth-order valence-electron chi connectivity index (χ4n) is 9.45. The van der Waals surface area contributed by atoms with Gasteiger partial charge in [0.1, 0.15) is 13.0 Å². The first-order chi connectivity index (χ1) is 57.3. The van der Waals surface area contributed by atoms with Crippen molar-refractivity contribution in [1.82, 2.24) is 20.3 Å². The Morgan fingerprint density at radius 2 is 0.730 bits per heavy atom. The van der Waals surface area contributed by atoms with Gasteiger partial charge in [0.05, 0.1) is 92.2 Å². The second-order valence-corrected chi connectivity index (χ2v) is 38.7. The number of rotatable bonds is 25. The molecule has 1 aromatic heterocycles. The molecule has 27 nitrogen and oxygen atoms in total. The first-order valence-electron chi connectivity index (χ1n) is 34.3. The van der Waals surface area contributed by atoms with E-state index >= 15 is 0 Å². The number of H-pyrrole nitrogens is 2. The molecule has 0 bridgehead atoms. The summed E-state index contributed by atoms with van der Waals surface area (Å²) in [4.78, 5) is 67.7. The van der Waals surface area contributed by atoms with Crippen molar-refractivity contribution in [1.29, 1.82) is 0 Å². The number of nitrogens with zero attached hydrogens (tertiary/aromatic N) is 5. The number of likely N-dealkylation sites (N-methyl/N-ethyl adjacent to an activating group) is 1. The van der Waals surface area contributed by atoms with Crippen LogP contribution in [0.1, 0.15) is 19.0 Å². The summed E-state index contributed by atoms with van der Waals surface area (Å²) >= 11 is 61.8. The Bertz CT molecular complexity index is 5880. The number of alkyl halides is 1. The third-order valence-corrected chi connectivity index (χ3v) is 25.8. The second-order valence-electron chi connectivity index (χ2n) is 24.0. The first-order valence-corrected chi connectivity index (χ1v) is 47.3. The number of carbonyl (C=O) groups is 4. The monoisotopic (exact) mass is 2050 g/mol. The lowest BCUT2D eigenvalue weighted by molar-refractivity contribution is -0.166. The summed E-state index contributed by atoms with van der Waals surface area (Å²) in [5.41, 5.74) is 6.96. The second kappa shape index (κ2) is 49.9. The third kappa shape index (κ3) is 34.6. The number of hydroxylamine groups is 4. The van der Waals surface area contributed by atoms with Gasteiger partial charge in [-0.1, -0.05) is 223 Å². The number of halogens is 12. The lowest BCUT2D eigenvalue weighted by atomic mass is 10.2. The maximum absolute atomic E-state index is 13.1. The molecule has 5 N–H and O–H groups in total. The highest BCUT2D eigenvalue weighted by molar-refractivity contribution is 9.09. The number of nitrogens with one attached hydrogen (secondary N) is 3. The number of hydrogen-bond acceptors (Lipinski definition) is 19. The largest absolute Gasteiger partial charge is 0.466 e. The molecule has 44 heteroatoms. The molecule has 0 aliphatic heterocycles. The van der Waals surface area contributed by atoms with E-state index in [4.69, 9.17) is 142 Å². The molecule has 11 rings (SSSR count). The molecule has 0 atom stereocenters. The molecule has 0 saturated heterocycles. The van der Waals surface area contributed by atoms with Gasteiger partial charge in [0.25, 0.3) is 66.5 Å². The van der Waals surface area contributed by atoms with Crippen molar-refractivity contribution in [2.24, 2.45) is 0 Å². The molecular formula is C78H73BrCl11N9O18S5. The number of aromatic amines is 2. The van der Waals surface area contributed by atoms with Gasteiger partial charge in [-0.15, -0.1) is 0 Å². The normalized spacial score (nSPS) is 11.0. The molecular weight excluding hydrogens is 1980 g/mol. The minimum Gasteiger partial charge on any atom is -0.466 e. The molecule has 0 aliphatic carbocycles. The highest BCUT2D eigenvalue weighted by Crippen LogP contribution is 2.35. The molecule has 0 unspecified atom stereocenters. The van der Waals surface area contributed by atoms with Crippen molar-refractivity contribution >= 4 is 244 Å². The molecule has 652 valence electrons. The van der Waals surface area contributed by atoms with E-state index in [1.54, 1.807) is 123 Å². The Balaban J connectivity index is 0.000000263. The van der Waals surface area contributed by atoms with Crippen LogP contribution in [0.3, 0.4) is 0 Å². The Morgan fingerprint density at radius 1 is 0.418 bits per heavy atom. The van der Waals surface area contributed by atoms with Crippen LogP contribution in [0.15, 0.2) is 278 Å². The van der Waals surface area contributed by atoms with Crippen LogP contribution in [0.25, 0.3) is 0 Å². The van der Waals surface area contributed by atoms with Gasteiger partial charge in [-0.25, -0.2) is 52.2 Å². The lowest BCUT2D eigenvalue weighted by Crippen LogP contribution is -2.41. The number of sulfonamides is 4. The zero-order chi connectivity index (χ0) is 90.9. The van der Waals surface area contributed by atoms with Crippen LogP contribution in [0.5, 0.6) is 0 Å². The van der Waals surface area contributed by atoms with Gasteiger partial charge in [-0.3, -0.25) is 56.4 Å². The Hall–Kier alpha value is -8.37. The molecule has 0 aliphatic rings. The summed E-state index contributed by atoms with van der Waals surface area (Å²) in [7, 11) is -8.41. The average molecular weight is 2050 g/mol. The maximum Gasteiger partial charge on any atom is 0.313 e. The van der Waals surface area contributed by atoms with E-state index in [9.17, 15) is 66.1 Å². The zero-order valence-electron chi connectivity index (χ0n) is 64.2. The fourth-order valence-corrected chi connectivity index (χ4v) is 18.6. The van der Waals surface area contributed by atoms with E-state index in [2.05, 4.69) is 35.7 Å². The number of aromatic nitrogens is 2. The summed E-state index contributed by atoms with van der Waals surface area (Å²) in [6.07, 6.45) is -0.539. The van der Waals surface area contributed by atoms with E-state index in [1.807, 2.05) is 0 Å². The van der Waals surface area contributed by atoms with Gasteiger partial charge in [0.15, 0.2) is 5.78 Å². The quantitative estimate of drug-likeness (QED) is 0.0103. The number of carbonyl (C=O) groups excluding carboxylic acids is 4. The van der Waals surface area contributed by atoms with Gasteiger partial charge in [-0.2, -0.15) is 0 Å². The number of nitrogens with two attached hydrogens (primary N) is 1. The van der Waals surface area contributed by atoms with Crippen molar-refractivity contribution in [3.63, 3.8) is 0 Å². The van der Waals surface area contributed by atoms with Crippen molar-refractivity contribution in [3.8, 4) is 0 Å². The standard InChI is InChI=1S/C18H17Cl2NO5S.C16H13Cl2N3O3S.C16H16Cl2N2O4S.C12H9Cl2NO2S.C6H5Cl2N.C6H5ClO2S.C4H8BrNO2/c1-2-26-18(23)11-16(22)12-21(15-9-13(19)8-14(20)10-15)27(24,25)17-6-4-3-5-7-17;17-11-6-12(18)8-14(7-11)21(10-13-9-16(22)20-19-13)25(23,24)15-4-2-1-3-5-15;1-19(24-2)16(21)11-20(14-9-12(17)8-13(18)10-14)25(22,23)15-6-4-3-5-7-15;13-9-6-10(14)8-11(7-9)15-18(16,17)12-4-2-1-3-5-12;7-4-1-5(8)3-6(9)2-4;7-10(8,9)6-4-2-1-3-5-6;1-6(8-2)4(7)3-5/h3-10H,2,11-12H2,1H3;1-9H,10H2,(H2,19,20,22);3-10H,11H2,1-2H3;1-8,15H;1-3H,9H2;1-5H;3H2,1-2H3. The van der Waals surface area contributed by atoms with Crippen LogP contribution in [0.2, 0.25) is 50.2 Å². The highest BCUT2D eigenvalue weighted by atomic mass is 79.9. The van der Waals surface area contributed by atoms with Gasteiger partial charge in [0, 0.05) is 86.8 Å². The topological polar surface area (TPSA) is 370 Å². The minimum absolute atomic E-state index is 0.00923. The molecule has 2 amide bonds. The summed E-state index contributed by atoms with van der Waals surface area (Å²) in [6, 6.07) is 63.1. The number of Topliss-reactive ketones (excluding diaryl/α,β-unsaturated/α-hetero) is 1. The third-order valence-electron chi connectivity index (χ3n) is 15.1. The molecule has 122 heavy (non-hydrogen) atoms. The summed E-state index contributed by atoms with van der Waals surface area (Å²) < 4.78 is 134. The van der Waals surface area contributed by atoms with Gasteiger partial charge < -0.3 is 15.6 Å². The van der Waals surface area contributed by atoms with E-state index in [0.29, 0.717) is 58.2 Å². The number of anilines is 5. The van der Waals surface area contributed by atoms with Crippen LogP contribution in [0, 0.1) is 0 Å². The first kappa shape index (κ1) is 104. The Labute approximate surface area is 768 Å². The van der Waals surface area contributed by atoms with Crippen LogP contribution >= 0.6 is 143 Å². The van der Waals surface area contributed by atoms with Gasteiger partial charge in [-0.05, 0) is 159 Å². The molecule has 11 aromatic rings. The van der Waals surface area contributed by atoms with Crippen molar-refractivity contribution in [2.75, 3.05) is 76.7 Å². The molecule has 0 spiro atoms. The molecule has 0 radical (unpaired) electrons. The number of amides is 2. The van der Waals surface area contributed by atoms with E-state index in [-0.39, 0.29) is 80.6 Å². The maximum atomic E-state index is 13.1. The predicted octanol–water partition coefficient (Wildman–Crippen LogP) is 18.7.